The molecule has 2 N–H and O–H groups in total. The van der Waals surface area contributed by atoms with Crippen LogP contribution < -0.4 is 10.6 Å². The average Bonchev–Trinajstić information content (AvgIpc) is 3.11. The maximum Gasteiger partial charge on any atom is 0.239 e. The summed E-state index contributed by atoms with van der Waals surface area (Å²) in [5.41, 5.74) is 1.20. The fraction of sp³-hybridized carbons (Fsp3) is 0.600. The molecular formula is C20H34IN5O. The minimum atomic E-state index is 0. The molecule has 1 fully saturated rings. The van der Waals surface area contributed by atoms with Crippen molar-refractivity contribution >= 4 is 35.8 Å². The number of nitrogens with zero attached hydrogens (tertiary/aromatic N) is 3. The summed E-state index contributed by atoms with van der Waals surface area (Å²) in [5.74, 6) is 1.08. The van der Waals surface area contributed by atoms with Crippen LogP contribution in [0.5, 0.6) is 0 Å². The number of hydrogen-bond donors (Lipinski definition) is 2. The first-order valence-electron chi connectivity index (χ1n) is 9.63. The first kappa shape index (κ1) is 23.7. The highest BCUT2D eigenvalue weighted by Crippen LogP contribution is 2.18. The number of benzene rings is 1. The molecule has 0 spiro atoms. The van der Waals surface area contributed by atoms with Gasteiger partial charge in [-0.25, -0.2) is 4.99 Å². The first-order valence-corrected chi connectivity index (χ1v) is 9.63. The molecule has 0 saturated carbocycles. The number of halogens is 1. The van der Waals surface area contributed by atoms with Crippen LogP contribution in [0, 0.1) is 0 Å². The third-order valence-corrected chi connectivity index (χ3v) is 4.61. The van der Waals surface area contributed by atoms with Gasteiger partial charge >= 0.3 is 0 Å². The maximum absolute atomic E-state index is 12.2. The SMILES string of the molecule is CCNC(=NCc1ccccc1)NCCCN1CCCC1C(=O)N(C)C.I. The van der Waals surface area contributed by atoms with Crippen molar-refractivity contribution in [3.63, 3.8) is 0 Å². The molecule has 1 aromatic rings. The van der Waals surface area contributed by atoms with Gasteiger partial charge in [0, 0.05) is 33.7 Å². The van der Waals surface area contributed by atoms with Gasteiger partial charge in [0.05, 0.1) is 12.6 Å². The normalized spacial score (nSPS) is 17.3. The van der Waals surface area contributed by atoms with Crippen molar-refractivity contribution in [1.82, 2.24) is 20.4 Å². The molecular weight excluding hydrogens is 453 g/mol. The molecule has 27 heavy (non-hydrogen) atoms. The largest absolute Gasteiger partial charge is 0.357 e. The summed E-state index contributed by atoms with van der Waals surface area (Å²) < 4.78 is 0. The number of likely N-dealkylation sites (N-methyl/N-ethyl adjacent to an activating group) is 1. The molecule has 1 atom stereocenters. The number of rotatable bonds is 8. The molecule has 1 saturated heterocycles. The summed E-state index contributed by atoms with van der Waals surface area (Å²) in [6, 6.07) is 10.3. The summed E-state index contributed by atoms with van der Waals surface area (Å²) >= 11 is 0. The summed E-state index contributed by atoms with van der Waals surface area (Å²) in [5, 5.41) is 6.69. The lowest BCUT2D eigenvalue weighted by atomic mass is 10.2. The van der Waals surface area contributed by atoms with Gasteiger partial charge in [-0.2, -0.15) is 0 Å². The van der Waals surface area contributed by atoms with E-state index in [1.807, 2.05) is 32.3 Å². The van der Waals surface area contributed by atoms with E-state index in [0.717, 1.165) is 51.4 Å². The molecule has 1 aliphatic rings. The highest BCUT2D eigenvalue weighted by Gasteiger charge is 2.30. The number of carbonyl (C=O) groups excluding carboxylic acids is 1. The van der Waals surface area contributed by atoms with Gasteiger partial charge in [0.15, 0.2) is 5.96 Å². The van der Waals surface area contributed by atoms with E-state index < -0.39 is 0 Å². The first-order chi connectivity index (χ1) is 12.6. The zero-order chi connectivity index (χ0) is 18.8. The Morgan fingerprint density at radius 2 is 2.00 bits per heavy atom. The Hall–Kier alpha value is -1.35. The lowest BCUT2D eigenvalue weighted by molar-refractivity contribution is -0.133. The van der Waals surface area contributed by atoms with Crippen molar-refractivity contribution in [2.24, 2.45) is 4.99 Å². The highest BCUT2D eigenvalue weighted by molar-refractivity contribution is 14.0. The number of guanidine groups is 1. The van der Waals surface area contributed by atoms with E-state index in [1.165, 1.54) is 5.56 Å². The summed E-state index contributed by atoms with van der Waals surface area (Å²) in [6.07, 6.45) is 3.08. The van der Waals surface area contributed by atoms with Crippen molar-refractivity contribution in [3.8, 4) is 0 Å². The molecule has 1 aromatic carbocycles. The van der Waals surface area contributed by atoms with Gasteiger partial charge < -0.3 is 15.5 Å². The summed E-state index contributed by atoms with van der Waals surface area (Å²) in [4.78, 5) is 20.9. The lowest BCUT2D eigenvalue weighted by Crippen LogP contribution is -2.44. The van der Waals surface area contributed by atoms with Gasteiger partial charge in [-0.15, -0.1) is 24.0 Å². The second-order valence-electron chi connectivity index (χ2n) is 6.89. The molecule has 0 radical (unpaired) electrons. The minimum absolute atomic E-state index is 0. The molecule has 1 amide bonds. The second-order valence-corrected chi connectivity index (χ2v) is 6.89. The Morgan fingerprint density at radius 1 is 1.26 bits per heavy atom. The summed E-state index contributed by atoms with van der Waals surface area (Å²) in [7, 11) is 3.68. The Bertz CT molecular complexity index is 579. The third-order valence-electron chi connectivity index (χ3n) is 4.61. The van der Waals surface area contributed by atoms with Crippen LogP contribution in [0.1, 0.15) is 31.7 Å². The van der Waals surface area contributed by atoms with E-state index in [4.69, 9.17) is 0 Å². The van der Waals surface area contributed by atoms with Crippen LogP contribution in [0.15, 0.2) is 35.3 Å². The molecule has 6 nitrogen and oxygen atoms in total. The maximum atomic E-state index is 12.2. The number of hydrogen-bond acceptors (Lipinski definition) is 3. The Balaban J connectivity index is 0.00000364. The Labute approximate surface area is 180 Å². The van der Waals surface area contributed by atoms with Crippen molar-refractivity contribution in [2.45, 2.75) is 38.8 Å². The Kier molecular flexibility index (Phi) is 11.3. The number of amides is 1. The molecule has 152 valence electrons. The number of likely N-dealkylation sites (tertiary alicyclic amines) is 1. The van der Waals surface area contributed by atoms with Crippen LogP contribution in [0.3, 0.4) is 0 Å². The lowest BCUT2D eigenvalue weighted by Gasteiger charge is -2.26. The van der Waals surface area contributed by atoms with Crippen molar-refractivity contribution in [3.05, 3.63) is 35.9 Å². The third kappa shape index (κ3) is 8.04. The van der Waals surface area contributed by atoms with Crippen molar-refractivity contribution in [2.75, 3.05) is 40.3 Å². The van der Waals surface area contributed by atoms with Gasteiger partial charge in [0.2, 0.25) is 5.91 Å². The molecule has 1 aliphatic heterocycles. The van der Waals surface area contributed by atoms with Gasteiger partial charge in [0.1, 0.15) is 0 Å². The number of aliphatic imine (C=N–C) groups is 1. The fourth-order valence-corrected chi connectivity index (χ4v) is 3.26. The molecule has 0 aromatic heterocycles. The van der Waals surface area contributed by atoms with Gasteiger partial charge in [-0.1, -0.05) is 30.3 Å². The standard InChI is InChI=1S/C20H33N5O.HI/c1-4-21-20(23-16-17-10-6-5-7-11-17)22-13-9-15-25-14-8-12-18(25)19(26)24(2)3;/h5-7,10-11,18H,4,8-9,12-16H2,1-3H3,(H2,21,22,23);1H. The predicted molar refractivity (Wildman–Crippen MR) is 123 cm³/mol. The van der Waals surface area contributed by atoms with Crippen LogP contribution in [0.4, 0.5) is 0 Å². The van der Waals surface area contributed by atoms with Crippen LogP contribution in [-0.4, -0.2) is 68.0 Å². The smallest absolute Gasteiger partial charge is 0.239 e. The molecule has 0 aliphatic carbocycles. The topological polar surface area (TPSA) is 60.0 Å². The van der Waals surface area contributed by atoms with Gasteiger partial charge in [-0.05, 0) is 38.3 Å². The van der Waals surface area contributed by atoms with E-state index in [2.05, 4.69) is 39.6 Å². The van der Waals surface area contributed by atoms with Gasteiger partial charge in [0.25, 0.3) is 0 Å². The second kappa shape index (κ2) is 12.9. The number of nitrogens with one attached hydrogen (secondary N) is 2. The molecule has 0 bridgehead atoms. The van der Waals surface area contributed by atoms with Crippen molar-refractivity contribution < 1.29 is 4.79 Å². The monoisotopic (exact) mass is 487 g/mol. The van der Waals surface area contributed by atoms with Crippen LogP contribution in [0.2, 0.25) is 0 Å². The van der Waals surface area contributed by atoms with Crippen LogP contribution in [0.25, 0.3) is 0 Å². The molecule has 1 unspecified atom stereocenters. The zero-order valence-corrected chi connectivity index (χ0v) is 19.1. The van der Waals surface area contributed by atoms with Gasteiger partial charge in [-0.3, -0.25) is 9.69 Å². The van der Waals surface area contributed by atoms with E-state index in [-0.39, 0.29) is 35.9 Å². The van der Waals surface area contributed by atoms with E-state index in [0.29, 0.717) is 6.54 Å². The fourth-order valence-electron chi connectivity index (χ4n) is 3.26. The molecule has 2 rings (SSSR count). The summed E-state index contributed by atoms with van der Waals surface area (Å²) in [6.45, 7) is 6.39. The molecule has 1 heterocycles. The van der Waals surface area contributed by atoms with E-state index in [1.54, 1.807) is 4.90 Å². The molecule has 7 heteroatoms. The predicted octanol–water partition coefficient (Wildman–Crippen LogP) is 2.30. The van der Waals surface area contributed by atoms with Crippen LogP contribution in [-0.2, 0) is 11.3 Å². The van der Waals surface area contributed by atoms with E-state index in [9.17, 15) is 4.79 Å². The van der Waals surface area contributed by atoms with Crippen LogP contribution >= 0.6 is 24.0 Å². The zero-order valence-electron chi connectivity index (χ0n) is 16.8. The quantitative estimate of drug-likeness (QED) is 0.256. The number of carbonyl (C=O) groups is 1. The van der Waals surface area contributed by atoms with E-state index >= 15 is 0 Å². The average molecular weight is 487 g/mol. The van der Waals surface area contributed by atoms with Crippen molar-refractivity contribution in [1.29, 1.82) is 0 Å². The highest BCUT2D eigenvalue weighted by atomic mass is 127. The Morgan fingerprint density at radius 3 is 2.67 bits per heavy atom. The minimum Gasteiger partial charge on any atom is -0.357 e.